The minimum atomic E-state index is -0.240. The number of nitrogens with one attached hydrogen (secondary N) is 1. The lowest BCUT2D eigenvalue weighted by Gasteiger charge is -2.06. The fourth-order valence-corrected chi connectivity index (χ4v) is 1.87. The van der Waals surface area contributed by atoms with E-state index in [4.69, 9.17) is 5.11 Å². The SMILES string of the molecule is O=C(NCc1ccc(O)cc1)c1ncccc1Br. The first-order valence-electron chi connectivity index (χ1n) is 5.33. The summed E-state index contributed by atoms with van der Waals surface area (Å²) in [5.74, 6) is -0.0342. The Morgan fingerprint density at radius 2 is 2.00 bits per heavy atom. The van der Waals surface area contributed by atoms with E-state index in [0.717, 1.165) is 5.56 Å². The van der Waals surface area contributed by atoms with E-state index in [-0.39, 0.29) is 11.7 Å². The number of carbonyl (C=O) groups is 1. The molecule has 0 bridgehead atoms. The maximum absolute atomic E-state index is 11.9. The highest BCUT2D eigenvalue weighted by Crippen LogP contribution is 2.13. The average Bonchev–Trinajstić information content (AvgIpc) is 2.38. The van der Waals surface area contributed by atoms with Gasteiger partial charge in [0.25, 0.3) is 5.91 Å². The number of pyridine rings is 1. The van der Waals surface area contributed by atoms with Crippen LogP contribution in [0.2, 0.25) is 0 Å². The number of aromatic hydroxyl groups is 1. The number of carbonyl (C=O) groups excluding carboxylic acids is 1. The third-order valence-electron chi connectivity index (χ3n) is 2.36. The normalized spacial score (nSPS) is 10.1. The van der Waals surface area contributed by atoms with Crippen LogP contribution in [-0.4, -0.2) is 16.0 Å². The van der Waals surface area contributed by atoms with Gasteiger partial charge in [0.15, 0.2) is 0 Å². The van der Waals surface area contributed by atoms with Crippen LogP contribution in [0, 0.1) is 0 Å². The molecule has 2 rings (SSSR count). The summed E-state index contributed by atoms with van der Waals surface area (Å²) in [6.45, 7) is 0.391. The van der Waals surface area contributed by atoms with Crippen molar-refractivity contribution < 1.29 is 9.90 Å². The second-order valence-electron chi connectivity index (χ2n) is 3.68. The van der Waals surface area contributed by atoms with Crippen molar-refractivity contribution in [2.75, 3.05) is 0 Å². The summed E-state index contributed by atoms with van der Waals surface area (Å²) in [6, 6.07) is 10.2. The summed E-state index contributed by atoms with van der Waals surface area (Å²) in [7, 11) is 0. The van der Waals surface area contributed by atoms with E-state index in [2.05, 4.69) is 26.2 Å². The van der Waals surface area contributed by atoms with Crippen molar-refractivity contribution >= 4 is 21.8 Å². The maximum Gasteiger partial charge on any atom is 0.271 e. The van der Waals surface area contributed by atoms with Gasteiger partial charge >= 0.3 is 0 Å². The molecule has 18 heavy (non-hydrogen) atoms. The molecule has 0 atom stereocenters. The lowest BCUT2D eigenvalue weighted by Crippen LogP contribution is -2.24. The number of hydrogen-bond acceptors (Lipinski definition) is 3. The lowest BCUT2D eigenvalue weighted by molar-refractivity contribution is 0.0945. The summed E-state index contributed by atoms with van der Waals surface area (Å²) >= 11 is 3.28. The first-order chi connectivity index (χ1) is 8.66. The van der Waals surface area contributed by atoms with Crippen molar-refractivity contribution in [2.24, 2.45) is 0 Å². The number of phenolic OH excluding ortho intramolecular Hbond substituents is 1. The molecule has 0 saturated carbocycles. The molecule has 1 aromatic heterocycles. The molecule has 2 N–H and O–H groups in total. The molecule has 4 nitrogen and oxygen atoms in total. The number of nitrogens with zero attached hydrogens (tertiary/aromatic N) is 1. The van der Waals surface area contributed by atoms with Gasteiger partial charge in [-0.3, -0.25) is 4.79 Å². The van der Waals surface area contributed by atoms with Crippen LogP contribution >= 0.6 is 15.9 Å². The lowest BCUT2D eigenvalue weighted by atomic mass is 10.2. The zero-order valence-electron chi connectivity index (χ0n) is 9.43. The van der Waals surface area contributed by atoms with Crippen molar-refractivity contribution in [1.82, 2.24) is 10.3 Å². The molecule has 0 aliphatic rings. The van der Waals surface area contributed by atoms with Gasteiger partial charge in [0, 0.05) is 17.2 Å². The molecule has 2 aromatic rings. The van der Waals surface area contributed by atoms with Crippen LogP contribution in [0.3, 0.4) is 0 Å². The van der Waals surface area contributed by atoms with Gasteiger partial charge in [-0.2, -0.15) is 0 Å². The molecule has 0 unspecified atom stereocenters. The van der Waals surface area contributed by atoms with E-state index < -0.39 is 0 Å². The van der Waals surface area contributed by atoms with Crippen LogP contribution in [0.25, 0.3) is 0 Å². The van der Waals surface area contributed by atoms with E-state index in [1.54, 1.807) is 42.6 Å². The molecule has 92 valence electrons. The monoisotopic (exact) mass is 306 g/mol. The van der Waals surface area contributed by atoms with Crippen molar-refractivity contribution in [3.05, 3.63) is 58.3 Å². The van der Waals surface area contributed by atoms with Gasteiger partial charge in [-0.1, -0.05) is 12.1 Å². The Labute approximate surface area is 113 Å². The fraction of sp³-hybridized carbons (Fsp3) is 0.0769. The van der Waals surface area contributed by atoms with E-state index in [1.165, 1.54) is 0 Å². The topological polar surface area (TPSA) is 62.2 Å². The Balaban J connectivity index is 2.01. The largest absolute Gasteiger partial charge is 0.508 e. The smallest absolute Gasteiger partial charge is 0.271 e. The van der Waals surface area contributed by atoms with Crippen LogP contribution in [0.1, 0.15) is 16.1 Å². The first kappa shape index (κ1) is 12.6. The molecule has 0 saturated heterocycles. The van der Waals surface area contributed by atoms with Crippen LogP contribution in [0.5, 0.6) is 5.75 Å². The Morgan fingerprint density at radius 3 is 2.67 bits per heavy atom. The average molecular weight is 307 g/mol. The van der Waals surface area contributed by atoms with Crippen molar-refractivity contribution in [2.45, 2.75) is 6.54 Å². The Hall–Kier alpha value is -1.88. The van der Waals surface area contributed by atoms with Gasteiger partial charge < -0.3 is 10.4 Å². The van der Waals surface area contributed by atoms with Gasteiger partial charge in [-0.15, -0.1) is 0 Å². The molecule has 0 fully saturated rings. The van der Waals surface area contributed by atoms with Gasteiger partial charge in [0.1, 0.15) is 11.4 Å². The highest BCUT2D eigenvalue weighted by molar-refractivity contribution is 9.10. The summed E-state index contributed by atoms with van der Waals surface area (Å²) in [5, 5.41) is 11.9. The highest BCUT2D eigenvalue weighted by Gasteiger charge is 2.10. The second kappa shape index (κ2) is 5.64. The summed E-state index contributed by atoms with van der Waals surface area (Å²) < 4.78 is 0.660. The zero-order valence-corrected chi connectivity index (χ0v) is 11.0. The second-order valence-corrected chi connectivity index (χ2v) is 4.54. The van der Waals surface area contributed by atoms with Crippen LogP contribution in [0.15, 0.2) is 47.1 Å². The van der Waals surface area contributed by atoms with Crippen LogP contribution in [0.4, 0.5) is 0 Å². The predicted octanol–water partition coefficient (Wildman–Crippen LogP) is 2.48. The molecule has 0 aliphatic heterocycles. The minimum absolute atomic E-state index is 0.206. The number of benzene rings is 1. The fourth-order valence-electron chi connectivity index (χ4n) is 1.43. The number of aromatic nitrogens is 1. The molecule has 0 aliphatic carbocycles. The third kappa shape index (κ3) is 3.07. The van der Waals surface area contributed by atoms with Gasteiger partial charge in [-0.25, -0.2) is 4.98 Å². The Kier molecular flexibility index (Phi) is 3.94. The summed E-state index contributed by atoms with van der Waals surface area (Å²) in [5.41, 5.74) is 1.27. The predicted molar refractivity (Wildman–Crippen MR) is 71.2 cm³/mol. The number of hydrogen-bond donors (Lipinski definition) is 2. The van der Waals surface area contributed by atoms with Crippen molar-refractivity contribution in [1.29, 1.82) is 0 Å². The van der Waals surface area contributed by atoms with E-state index in [0.29, 0.717) is 16.7 Å². The van der Waals surface area contributed by atoms with Crippen molar-refractivity contribution in [3.63, 3.8) is 0 Å². The standard InChI is InChI=1S/C13H11BrN2O2/c14-11-2-1-7-15-12(11)13(18)16-8-9-3-5-10(17)6-4-9/h1-7,17H,8H2,(H,16,18). The molecule has 1 heterocycles. The summed E-state index contributed by atoms with van der Waals surface area (Å²) in [6.07, 6.45) is 1.57. The van der Waals surface area contributed by atoms with Gasteiger partial charge in [0.2, 0.25) is 0 Å². The number of halogens is 1. The number of rotatable bonds is 3. The van der Waals surface area contributed by atoms with E-state index in [1.807, 2.05) is 0 Å². The molecule has 5 heteroatoms. The molecule has 0 spiro atoms. The maximum atomic E-state index is 11.9. The van der Waals surface area contributed by atoms with E-state index >= 15 is 0 Å². The number of phenols is 1. The van der Waals surface area contributed by atoms with Crippen LogP contribution < -0.4 is 5.32 Å². The Bertz CT molecular complexity index is 555. The number of amides is 1. The molecular formula is C13H11BrN2O2. The first-order valence-corrected chi connectivity index (χ1v) is 6.13. The zero-order chi connectivity index (χ0) is 13.0. The Morgan fingerprint density at radius 1 is 1.28 bits per heavy atom. The molecule has 1 aromatic carbocycles. The van der Waals surface area contributed by atoms with E-state index in [9.17, 15) is 4.79 Å². The molecule has 0 radical (unpaired) electrons. The quantitative estimate of drug-likeness (QED) is 0.916. The van der Waals surface area contributed by atoms with Crippen LogP contribution in [-0.2, 0) is 6.54 Å². The van der Waals surface area contributed by atoms with Gasteiger partial charge in [-0.05, 0) is 45.8 Å². The van der Waals surface area contributed by atoms with Gasteiger partial charge in [0.05, 0.1) is 0 Å². The minimum Gasteiger partial charge on any atom is -0.508 e. The highest BCUT2D eigenvalue weighted by atomic mass is 79.9. The summed E-state index contributed by atoms with van der Waals surface area (Å²) in [4.78, 5) is 15.9. The third-order valence-corrected chi connectivity index (χ3v) is 3.00. The molecule has 1 amide bonds. The van der Waals surface area contributed by atoms with Crippen molar-refractivity contribution in [3.8, 4) is 5.75 Å². The molecular weight excluding hydrogens is 296 g/mol.